The van der Waals surface area contributed by atoms with Crippen molar-refractivity contribution in [1.29, 1.82) is 0 Å². The summed E-state index contributed by atoms with van der Waals surface area (Å²) in [5.74, 6) is 1.08. The number of hydrogen-bond donors (Lipinski definition) is 1. The topological polar surface area (TPSA) is 90.5 Å². The molecule has 0 radical (unpaired) electrons. The number of nitrogens with one attached hydrogen (secondary N) is 1. The van der Waals surface area contributed by atoms with Crippen molar-refractivity contribution in [2.45, 2.75) is 31.7 Å². The van der Waals surface area contributed by atoms with Gasteiger partial charge in [-0.2, -0.15) is 5.10 Å². The lowest BCUT2D eigenvalue weighted by atomic mass is 10.1. The van der Waals surface area contributed by atoms with Crippen molar-refractivity contribution in [1.82, 2.24) is 34.8 Å². The minimum atomic E-state index is -0.0383. The van der Waals surface area contributed by atoms with Gasteiger partial charge in [-0.15, -0.1) is 10.2 Å². The van der Waals surface area contributed by atoms with E-state index in [0.29, 0.717) is 19.6 Å². The summed E-state index contributed by atoms with van der Waals surface area (Å²) >= 11 is 1.40. The summed E-state index contributed by atoms with van der Waals surface area (Å²) in [6, 6.07) is 18.2. The Bertz CT molecular complexity index is 1110. The molecule has 0 aliphatic heterocycles. The molecule has 1 N–H and O–H groups in total. The number of aryl methyl sites for hydroxylation is 1. The highest BCUT2D eigenvalue weighted by atomic mass is 32.2. The Morgan fingerprint density at radius 3 is 2.45 bits per heavy atom. The van der Waals surface area contributed by atoms with Crippen LogP contribution in [0.5, 0.6) is 0 Å². The summed E-state index contributed by atoms with van der Waals surface area (Å²) < 4.78 is 3.80. The summed E-state index contributed by atoms with van der Waals surface area (Å²) in [4.78, 5) is 16.3. The zero-order valence-corrected chi connectivity index (χ0v) is 18.0. The van der Waals surface area contributed by atoms with E-state index in [4.69, 9.17) is 0 Å². The van der Waals surface area contributed by atoms with E-state index in [1.54, 1.807) is 11.0 Å². The lowest BCUT2D eigenvalue weighted by Crippen LogP contribution is -2.24. The predicted molar refractivity (Wildman–Crippen MR) is 118 cm³/mol. The van der Waals surface area contributed by atoms with Gasteiger partial charge < -0.3 is 9.88 Å². The van der Waals surface area contributed by atoms with Crippen LogP contribution >= 0.6 is 11.8 Å². The highest BCUT2D eigenvalue weighted by molar-refractivity contribution is 7.99. The van der Waals surface area contributed by atoms with Gasteiger partial charge in [0, 0.05) is 6.54 Å². The molecule has 9 heteroatoms. The smallest absolute Gasteiger partial charge is 0.230 e. The Balaban J connectivity index is 1.26. The molecule has 0 atom stereocenters. The molecular weight excluding hydrogens is 410 g/mol. The average Bonchev–Trinajstić information content (AvgIpc) is 3.43. The fourth-order valence-electron chi connectivity index (χ4n) is 3.06. The zero-order chi connectivity index (χ0) is 21.5. The Morgan fingerprint density at radius 2 is 1.71 bits per heavy atom. The molecule has 0 saturated heterocycles. The van der Waals surface area contributed by atoms with Crippen molar-refractivity contribution in [3.63, 3.8) is 0 Å². The van der Waals surface area contributed by atoms with Crippen LogP contribution in [0.4, 0.5) is 0 Å². The number of rotatable bonds is 9. The van der Waals surface area contributed by atoms with Gasteiger partial charge in [-0.1, -0.05) is 66.4 Å². The number of thioether (sulfide) groups is 1. The minimum absolute atomic E-state index is 0.0383. The third-order valence-corrected chi connectivity index (χ3v) is 5.71. The van der Waals surface area contributed by atoms with E-state index in [1.165, 1.54) is 23.7 Å². The molecule has 0 spiro atoms. The van der Waals surface area contributed by atoms with Crippen molar-refractivity contribution >= 4 is 17.7 Å². The molecular formula is C22H23N7OS. The average molecular weight is 434 g/mol. The van der Waals surface area contributed by atoms with Crippen LogP contribution < -0.4 is 5.32 Å². The monoisotopic (exact) mass is 433 g/mol. The Kier molecular flexibility index (Phi) is 6.73. The van der Waals surface area contributed by atoms with Crippen molar-refractivity contribution in [2.75, 3.05) is 5.75 Å². The Morgan fingerprint density at radius 1 is 0.968 bits per heavy atom. The second-order valence-corrected chi connectivity index (χ2v) is 8.02. The molecule has 1 amide bonds. The summed E-state index contributed by atoms with van der Waals surface area (Å²) in [6.45, 7) is 3.77. The zero-order valence-electron chi connectivity index (χ0n) is 17.2. The van der Waals surface area contributed by atoms with Crippen LogP contribution in [0.25, 0.3) is 0 Å². The molecule has 31 heavy (non-hydrogen) atoms. The van der Waals surface area contributed by atoms with Crippen LogP contribution in [0.15, 0.2) is 72.4 Å². The molecule has 0 saturated carbocycles. The number of hydrogen-bond acceptors (Lipinski definition) is 6. The standard InChI is InChI=1S/C22H23N7OS/c1-17-26-27-22(29(17)13-19-5-3-2-4-6-19)31-14-21(30)24-11-18-7-9-20(10-8-18)12-28-16-23-15-25-28/h2-10,15-16H,11-14H2,1H3,(H,24,30). The first-order valence-corrected chi connectivity index (χ1v) is 10.9. The minimum Gasteiger partial charge on any atom is -0.351 e. The SMILES string of the molecule is Cc1nnc(SCC(=O)NCc2ccc(Cn3cncn3)cc2)n1Cc1ccccc1. The molecule has 0 bridgehead atoms. The number of benzene rings is 2. The fourth-order valence-corrected chi connectivity index (χ4v) is 3.88. The number of carbonyl (C=O) groups excluding carboxylic acids is 1. The quantitative estimate of drug-likeness (QED) is 0.408. The van der Waals surface area contributed by atoms with Gasteiger partial charge in [-0.05, 0) is 23.6 Å². The van der Waals surface area contributed by atoms with Crippen molar-refractivity contribution in [2.24, 2.45) is 0 Å². The van der Waals surface area contributed by atoms with Gasteiger partial charge in [0.25, 0.3) is 0 Å². The third kappa shape index (κ3) is 5.79. The van der Waals surface area contributed by atoms with Crippen molar-refractivity contribution in [3.05, 3.63) is 89.8 Å². The van der Waals surface area contributed by atoms with Crippen LogP contribution in [0.2, 0.25) is 0 Å². The van der Waals surface area contributed by atoms with E-state index in [9.17, 15) is 4.79 Å². The van der Waals surface area contributed by atoms with Gasteiger partial charge in [0.15, 0.2) is 5.16 Å². The molecule has 8 nitrogen and oxygen atoms in total. The molecule has 2 heterocycles. The maximum absolute atomic E-state index is 12.3. The first-order valence-electron chi connectivity index (χ1n) is 9.91. The number of aromatic nitrogens is 6. The lowest BCUT2D eigenvalue weighted by Gasteiger charge is -2.09. The lowest BCUT2D eigenvalue weighted by molar-refractivity contribution is -0.118. The number of nitrogens with zero attached hydrogens (tertiary/aromatic N) is 6. The van der Waals surface area contributed by atoms with Gasteiger partial charge in [-0.3, -0.25) is 4.79 Å². The molecule has 4 rings (SSSR count). The summed E-state index contributed by atoms with van der Waals surface area (Å²) in [6.07, 6.45) is 3.21. The molecule has 0 fully saturated rings. The van der Waals surface area contributed by atoms with Crippen LogP contribution in [-0.4, -0.2) is 41.2 Å². The molecule has 0 unspecified atom stereocenters. The van der Waals surface area contributed by atoms with Crippen LogP contribution in [-0.2, 0) is 24.4 Å². The largest absolute Gasteiger partial charge is 0.351 e. The Hall–Kier alpha value is -3.46. The highest BCUT2D eigenvalue weighted by Crippen LogP contribution is 2.18. The van der Waals surface area contributed by atoms with Gasteiger partial charge >= 0.3 is 0 Å². The van der Waals surface area contributed by atoms with Gasteiger partial charge in [0.2, 0.25) is 5.91 Å². The first kappa shape index (κ1) is 20.8. The Labute approximate surface area is 184 Å². The highest BCUT2D eigenvalue weighted by Gasteiger charge is 2.12. The van der Waals surface area contributed by atoms with E-state index >= 15 is 0 Å². The van der Waals surface area contributed by atoms with Crippen LogP contribution in [0.1, 0.15) is 22.5 Å². The summed E-state index contributed by atoms with van der Waals surface area (Å²) in [7, 11) is 0. The van der Waals surface area contributed by atoms with E-state index in [2.05, 4.69) is 37.7 Å². The first-order chi connectivity index (χ1) is 15.2. The van der Waals surface area contributed by atoms with Crippen molar-refractivity contribution in [3.8, 4) is 0 Å². The molecule has 0 aliphatic rings. The van der Waals surface area contributed by atoms with Gasteiger partial charge in [0.05, 0.1) is 18.8 Å². The second-order valence-electron chi connectivity index (χ2n) is 7.08. The van der Waals surface area contributed by atoms with Crippen LogP contribution in [0.3, 0.4) is 0 Å². The van der Waals surface area contributed by atoms with Crippen molar-refractivity contribution < 1.29 is 4.79 Å². The van der Waals surface area contributed by atoms with E-state index in [-0.39, 0.29) is 11.7 Å². The van der Waals surface area contributed by atoms with E-state index in [0.717, 1.165) is 22.1 Å². The van der Waals surface area contributed by atoms with Gasteiger partial charge in [0.1, 0.15) is 18.5 Å². The molecule has 2 aromatic carbocycles. The van der Waals surface area contributed by atoms with Gasteiger partial charge in [-0.25, -0.2) is 9.67 Å². The number of carbonyl (C=O) groups is 1. The number of amides is 1. The summed E-state index contributed by atoms with van der Waals surface area (Å²) in [5.41, 5.74) is 3.34. The maximum atomic E-state index is 12.3. The second kappa shape index (κ2) is 10.0. The molecule has 2 aromatic heterocycles. The maximum Gasteiger partial charge on any atom is 0.230 e. The predicted octanol–water partition coefficient (Wildman–Crippen LogP) is 2.68. The normalized spacial score (nSPS) is 10.9. The van der Waals surface area contributed by atoms with E-state index < -0.39 is 0 Å². The molecule has 158 valence electrons. The molecule has 0 aliphatic carbocycles. The fraction of sp³-hybridized carbons (Fsp3) is 0.227. The van der Waals surface area contributed by atoms with E-state index in [1.807, 2.05) is 54.0 Å². The summed E-state index contributed by atoms with van der Waals surface area (Å²) in [5, 5.41) is 16.2. The third-order valence-electron chi connectivity index (χ3n) is 4.74. The molecule has 4 aromatic rings. The van der Waals surface area contributed by atoms with Crippen LogP contribution in [0, 0.1) is 6.92 Å².